The van der Waals surface area contributed by atoms with E-state index in [1.807, 2.05) is 30.3 Å². The van der Waals surface area contributed by atoms with E-state index in [0.717, 1.165) is 33.3 Å². The normalized spacial score (nSPS) is 26.7. The van der Waals surface area contributed by atoms with Gasteiger partial charge in [0.1, 0.15) is 42.5 Å². The molecule has 2 heterocycles. The molecule has 2 fully saturated rings. The second-order valence-electron chi connectivity index (χ2n) is 14.7. The molecule has 2 saturated heterocycles. The second kappa shape index (κ2) is 21.8. The number of esters is 5. The van der Waals surface area contributed by atoms with Gasteiger partial charge in [0.25, 0.3) is 0 Å². The van der Waals surface area contributed by atoms with Crippen LogP contribution < -0.4 is 9.47 Å². The van der Waals surface area contributed by atoms with E-state index < -0.39 is 103 Å². The number of carbonyl (C=O) groups excluding carboxylic acids is 5. The highest BCUT2D eigenvalue weighted by Crippen LogP contribution is 2.37. The van der Waals surface area contributed by atoms with Crippen molar-refractivity contribution in [1.82, 2.24) is 0 Å². The zero-order chi connectivity index (χ0) is 43.3. The standard InChI is InChI=1S/C42H54O17/c1-10-20-50-35-33(58-40-38(54-27(5)46)36(53-26(4)45)34(52-25(3)44)32(57-40)23-51-24(2)43)31(22-49-21-28-14-12-11-13-15-28)56-39(37(35)59-41(47)42(6,7)8)55-30-18-16-29(48-9)17-19-30/h10-19,31-40H,1,20-23H2,2-9H3/t31-,32-,33+,34+,35+,36+,37-,38-,39-,40+/m1/s1. The molecule has 324 valence electrons. The topological polar surface area (TPSA) is 196 Å². The van der Waals surface area contributed by atoms with E-state index >= 15 is 0 Å². The van der Waals surface area contributed by atoms with Crippen molar-refractivity contribution in [3.8, 4) is 11.5 Å². The van der Waals surface area contributed by atoms with E-state index in [0.29, 0.717) is 11.5 Å². The molecule has 0 N–H and O–H groups in total. The number of carbonyl (C=O) groups is 5. The van der Waals surface area contributed by atoms with Crippen LogP contribution >= 0.6 is 0 Å². The maximum atomic E-state index is 13.6. The summed E-state index contributed by atoms with van der Waals surface area (Å²) in [5.41, 5.74) is -0.151. The molecule has 59 heavy (non-hydrogen) atoms. The van der Waals surface area contributed by atoms with Crippen LogP contribution in [-0.4, -0.2) is 118 Å². The number of benzene rings is 2. The minimum Gasteiger partial charge on any atom is -0.497 e. The smallest absolute Gasteiger partial charge is 0.311 e. The highest BCUT2D eigenvalue weighted by Gasteiger charge is 2.57. The van der Waals surface area contributed by atoms with Crippen LogP contribution in [-0.2, 0) is 77.9 Å². The summed E-state index contributed by atoms with van der Waals surface area (Å²) in [6, 6.07) is 16.0. The zero-order valence-electron chi connectivity index (χ0n) is 34.5. The first-order chi connectivity index (χ1) is 28.0. The van der Waals surface area contributed by atoms with Crippen molar-refractivity contribution in [2.45, 2.75) is 116 Å². The Bertz CT molecular complexity index is 1710. The highest BCUT2D eigenvalue weighted by atomic mass is 16.8. The van der Waals surface area contributed by atoms with E-state index in [1.54, 1.807) is 45.0 Å². The van der Waals surface area contributed by atoms with Crippen molar-refractivity contribution in [3.63, 3.8) is 0 Å². The Morgan fingerprint density at radius 1 is 0.661 bits per heavy atom. The number of rotatable bonds is 18. The van der Waals surface area contributed by atoms with Crippen molar-refractivity contribution < 1.29 is 80.8 Å². The lowest BCUT2D eigenvalue weighted by Gasteiger charge is -2.49. The summed E-state index contributed by atoms with van der Waals surface area (Å²) < 4.78 is 72.0. The van der Waals surface area contributed by atoms with Crippen molar-refractivity contribution in [1.29, 1.82) is 0 Å². The van der Waals surface area contributed by atoms with Crippen LogP contribution in [0.25, 0.3) is 0 Å². The fourth-order valence-electron chi connectivity index (χ4n) is 6.18. The molecule has 10 atom stereocenters. The first-order valence-corrected chi connectivity index (χ1v) is 19.0. The van der Waals surface area contributed by atoms with Crippen LogP contribution in [0.1, 0.15) is 54.0 Å². The third-order valence-electron chi connectivity index (χ3n) is 8.80. The Morgan fingerprint density at radius 3 is 1.80 bits per heavy atom. The van der Waals surface area contributed by atoms with Crippen molar-refractivity contribution in [2.75, 3.05) is 26.9 Å². The molecule has 0 amide bonds. The summed E-state index contributed by atoms with van der Waals surface area (Å²) in [4.78, 5) is 63.2. The van der Waals surface area contributed by atoms with Crippen molar-refractivity contribution in [3.05, 3.63) is 72.8 Å². The van der Waals surface area contributed by atoms with E-state index in [1.165, 1.54) is 13.2 Å². The summed E-state index contributed by atoms with van der Waals surface area (Å²) in [6.07, 6.45) is -12.4. The third-order valence-corrected chi connectivity index (χ3v) is 8.80. The number of hydrogen-bond acceptors (Lipinski definition) is 17. The predicted molar refractivity (Wildman–Crippen MR) is 204 cm³/mol. The van der Waals surface area contributed by atoms with Crippen LogP contribution in [0.5, 0.6) is 11.5 Å². The molecule has 2 aliphatic heterocycles. The Labute approximate surface area is 343 Å². The monoisotopic (exact) mass is 830 g/mol. The molecule has 0 aromatic heterocycles. The maximum Gasteiger partial charge on any atom is 0.311 e. The summed E-state index contributed by atoms with van der Waals surface area (Å²) >= 11 is 0. The van der Waals surface area contributed by atoms with Crippen molar-refractivity contribution >= 4 is 29.8 Å². The van der Waals surface area contributed by atoms with E-state index in [2.05, 4.69) is 6.58 Å². The summed E-state index contributed by atoms with van der Waals surface area (Å²) in [5, 5.41) is 0. The highest BCUT2D eigenvalue weighted by molar-refractivity contribution is 5.75. The minimum atomic E-state index is -1.66. The van der Waals surface area contributed by atoms with Gasteiger partial charge in [0.05, 0.1) is 32.3 Å². The third kappa shape index (κ3) is 13.7. The largest absolute Gasteiger partial charge is 0.497 e. The molecule has 17 heteroatoms. The predicted octanol–water partition coefficient (Wildman–Crippen LogP) is 4.01. The molecule has 2 aromatic rings. The maximum absolute atomic E-state index is 13.6. The fourth-order valence-corrected chi connectivity index (χ4v) is 6.18. The summed E-state index contributed by atoms with van der Waals surface area (Å²) in [7, 11) is 1.52. The molecule has 4 rings (SSSR count). The van der Waals surface area contributed by atoms with Gasteiger partial charge >= 0.3 is 29.8 Å². The first-order valence-electron chi connectivity index (χ1n) is 19.0. The first kappa shape index (κ1) is 46.6. The van der Waals surface area contributed by atoms with Crippen LogP contribution in [0.3, 0.4) is 0 Å². The van der Waals surface area contributed by atoms with E-state index in [4.69, 9.17) is 56.8 Å². The summed E-state index contributed by atoms with van der Waals surface area (Å²) in [5.74, 6) is -2.90. The molecule has 0 bridgehead atoms. The van der Waals surface area contributed by atoms with Gasteiger partial charge in [0.2, 0.25) is 6.29 Å². The molecule has 0 radical (unpaired) electrons. The van der Waals surface area contributed by atoms with Crippen LogP contribution in [0.15, 0.2) is 67.3 Å². The molecule has 0 aliphatic carbocycles. The lowest BCUT2D eigenvalue weighted by atomic mass is 9.94. The van der Waals surface area contributed by atoms with Crippen molar-refractivity contribution in [2.24, 2.45) is 5.41 Å². The lowest BCUT2D eigenvalue weighted by Crippen LogP contribution is -2.67. The van der Waals surface area contributed by atoms with Gasteiger partial charge < -0.3 is 56.8 Å². The number of ether oxygens (including phenoxy) is 12. The molecule has 0 unspecified atom stereocenters. The molecular formula is C42H54O17. The molecular weight excluding hydrogens is 776 g/mol. The Morgan fingerprint density at radius 2 is 1.22 bits per heavy atom. The molecule has 17 nitrogen and oxygen atoms in total. The average molecular weight is 831 g/mol. The quantitative estimate of drug-likeness (QED) is 0.119. The minimum absolute atomic E-state index is 0.0838. The van der Waals surface area contributed by atoms with Gasteiger partial charge in [-0.1, -0.05) is 36.4 Å². The molecule has 0 saturated carbocycles. The van der Waals surface area contributed by atoms with Crippen LogP contribution in [0, 0.1) is 5.41 Å². The molecule has 0 spiro atoms. The Hall–Kier alpha value is -5.07. The van der Waals surface area contributed by atoms with Crippen LogP contribution in [0.4, 0.5) is 0 Å². The Kier molecular flexibility index (Phi) is 17.2. The molecule has 2 aromatic carbocycles. The van der Waals surface area contributed by atoms with E-state index in [9.17, 15) is 24.0 Å². The van der Waals surface area contributed by atoms with Gasteiger partial charge in [-0.3, -0.25) is 24.0 Å². The number of hydrogen-bond donors (Lipinski definition) is 0. The van der Waals surface area contributed by atoms with Gasteiger partial charge in [-0.25, -0.2) is 0 Å². The van der Waals surface area contributed by atoms with Gasteiger partial charge in [-0.2, -0.15) is 0 Å². The van der Waals surface area contributed by atoms with Gasteiger partial charge in [-0.15, -0.1) is 6.58 Å². The zero-order valence-corrected chi connectivity index (χ0v) is 34.5. The number of methoxy groups -OCH3 is 1. The van der Waals surface area contributed by atoms with Gasteiger partial charge in [0, 0.05) is 27.7 Å². The van der Waals surface area contributed by atoms with Crippen LogP contribution in [0.2, 0.25) is 0 Å². The van der Waals surface area contributed by atoms with Gasteiger partial charge in [-0.05, 0) is 50.6 Å². The SMILES string of the molecule is C=CCO[C@H]1[C@@H](O[C@@H]2O[C@H](COC(C)=O)[C@H](OC(C)=O)[C@H](OC(C)=O)[C@H]2OC(C)=O)[C@@H](COCc2ccccc2)O[C@@H](Oc2ccc(OC)cc2)[C@@H]1OC(=O)C(C)(C)C. The van der Waals surface area contributed by atoms with E-state index in [-0.39, 0.29) is 19.8 Å². The second-order valence-corrected chi connectivity index (χ2v) is 14.7. The Balaban J connectivity index is 1.85. The fraction of sp³-hybridized carbons (Fsp3) is 0.548. The average Bonchev–Trinajstić information content (AvgIpc) is 3.17. The van der Waals surface area contributed by atoms with Gasteiger partial charge in [0.15, 0.2) is 30.7 Å². The lowest BCUT2D eigenvalue weighted by molar-refractivity contribution is -0.358. The molecule has 2 aliphatic rings. The summed E-state index contributed by atoms with van der Waals surface area (Å²) in [6.45, 7) is 12.7.